The van der Waals surface area contributed by atoms with E-state index in [1.54, 1.807) is 11.0 Å². The number of carbonyl (C=O) groups is 2. The Kier molecular flexibility index (Phi) is 6.84. The minimum absolute atomic E-state index is 0.0302. The molecule has 10 heteroatoms. The highest BCUT2D eigenvalue weighted by atomic mass is 16.5. The number of aromatic hydroxyl groups is 1. The van der Waals surface area contributed by atoms with E-state index >= 15 is 0 Å². The molecule has 2 aromatic heterocycles. The molecule has 1 atom stereocenters. The second-order valence-corrected chi connectivity index (χ2v) is 9.96. The summed E-state index contributed by atoms with van der Waals surface area (Å²) in [6.07, 6.45) is 6.23. The Morgan fingerprint density at radius 1 is 1.24 bits per heavy atom. The molecule has 0 radical (unpaired) electrons. The van der Waals surface area contributed by atoms with E-state index in [9.17, 15) is 19.5 Å². The van der Waals surface area contributed by atoms with Crippen LogP contribution in [0.4, 0.5) is 0 Å². The number of benzene rings is 1. The summed E-state index contributed by atoms with van der Waals surface area (Å²) in [7, 11) is 0. The number of hydrogen-bond acceptors (Lipinski definition) is 6. The molecule has 10 nitrogen and oxygen atoms in total. The molecular weight excluding hydrogens is 474 g/mol. The van der Waals surface area contributed by atoms with Gasteiger partial charge in [-0.2, -0.15) is 9.61 Å². The Balaban J connectivity index is 1.50. The van der Waals surface area contributed by atoms with Gasteiger partial charge in [0, 0.05) is 30.8 Å². The van der Waals surface area contributed by atoms with E-state index in [1.165, 1.54) is 16.8 Å². The minimum atomic E-state index is -0.700. The second kappa shape index (κ2) is 10.2. The first-order chi connectivity index (χ1) is 17.8. The Bertz CT molecular complexity index is 1400. The Morgan fingerprint density at radius 3 is 2.70 bits per heavy atom. The molecule has 3 aromatic rings. The van der Waals surface area contributed by atoms with Crippen molar-refractivity contribution in [2.75, 3.05) is 19.8 Å². The fraction of sp³-hybridized carbons (Fsp3) is 0.407. The number of ether oxygens (including phenoxy) is 1. The molecule has 0 unspecified atom stereocenters. The number of nitrogens with one attached hydrogen (secondary N) is 1. The van der Waals surface area contributed by atoms with Crippen LogP contribution < -0.4 is 10.9 Å². The summed E-state index contributed by atoms with van der Waals surface area (Å²) >= 11 is 0. The number of rotatable bonds is 7. The predicted octanol–water partition coefficient (Wildman–Crippen LogP) is 2.36. The van der Waals surface area contributed by atoms with E-state index < -0.39 is 17.3 Å². The fourth-order valence-electron chi connectivity index (χ4n) is 4.63. The van der Waals surface area contributed by atoms with Crippen molar-refractivity contribution in [3.05, 3.63) is 69.6 Å². The van der Waals surface area contributed by atoms with Crippen LogP contribution in [0.5, 0.6) is 5.88 Å². The standard InChI is InChI=1S/C27H31N5O5/c1-17(2)15-31-25-19(14-28-32(25)27(36)23(26(31)35)24(34)29-20-9-10-20)8-11-22(33)30-12-13-37-16-21(30)18-6-4-3-5-7-18/h3-8,11,14,17,20-21,35H,9-10,12-13,15-16H2,1-2H3,(H,29,34)/b11-8+/t21-/m1/s1. The monoisotopic (exact) mass is 505 g/mol. The molecule has 1 saturated heterocycles. The molecule has 1 aliphatic heterocycles. The summed E-state index contributed by atoms with van der Waals surface area (Å²) in [6.45, 7) is 5.60. The Hall–Kier alpha value is -3.92. The number of hydrogen-bond donors (Lipinski definition) is 2. The zero-order valence-corrected chi connectivity index (χ0v) is 21.0. The van der Waals surface area contributed by atoms with Crippen LogP contribution in [-0.4, -0.2) is 61.8 Å². The van der Waals surface area contributed by atoms with Crippen molar-refractivity contribution in [3.8, 4) is 5.88 Å². The molecule has 0 bridgehead atoms. The summed E-state index contributed by atoms with van der Waals surface area (Å²) in [4.78, 5) is 41.0. The van der Waals surface area contributed by atoms with Crippen molar-refractivity contribution < 1.29 is 19.4 Å². The lowest BCUT2D eigenvalue weighted by atomic mass is 10.0. The first-order valence-electron chi connectivity index (χ1n) is 12.6. The number of nitrogens with zero attached hydrogens (tertiary/aromatic N) is 4. The van der Waals surface area contributed by atoms with E-state index in [-0.39, 0.29) is 29.5 Å². The Labute approximate surface area is 214 Å². The van der Waals surface area contributed by atoms with Gasteiger partial charge in [-0.3, -0.25) is 19.0 Å². The van der Waals surface area contributed by atoms with Gasteiger partial charge in [-0.25, -0.2) is 0 Å². The molecular formula is C27H31N5O5. The highest BCUT2D eigenvalue weighted by Gasteiger charge is 2.30. The highest BCUT2D eigenvalue weighted by molar-refractivity contribution is 5.97. The van der Waals surface area contributed by atoms with E-state index in [0.29, 0.717) is 37.5 Å². The van der Waals surface area contributed by atoms with Crippen LogP contribution in [0, 0.1) is 5.92 Å². The lowest BCUT2D eigenvalue weighted by Crippen LogP contribution is -2.42. The first-order valence-corrected chi connectivity index (χ1v) is 12.6. The van der Waals surface area contributed by atoms with Gasteiger partial charge >= 0.3 is 0 Å². The molecule has 1 aromatic carbocycles. The second-order valence-electron chi connectivity index (χ2n) is 9.96. The van der Waals surface area contributed by atoms with Crippen molar-refractivity contribution in [1.82, 2.24) is 24.4 Å². The lowest BCUT2D eigenvalue weighted by molar-refractivity contribution is -0.134. The van der Waals surface area contributed by atoms with Gasteiger partial charge in [-0.1, -0.05) is 44.2 Å². The number of fused-ring (bicyclic) bond motifs is 1. The zero-order valence-electron chi connectivity index (χ0n) is 21.0. The van der Waals surface area contributed by atoms with Crippen molar-refractivity contribution in [2.24, 2.45) is 5.92 Å². The smallest absolute Gasteiger partial charge is 0.291 e. The number of morpholine rings is 1. The highest BCUT2D eigenvalue weighted by Crippen LogP contribution is 2.26. The van der Waals surface area contributed by atoms with E-state index in [1.807, 2.05) is 44.2 Å². The van der Waals surface area contributed by atoms with Crippen LogP contribution in [0.25, 0.3) is 11.7 Å². The van der Waals surface area contributed by atoms with E-state index in [0.717, 1.165) is 22.9 Å². The van der Waals surface area contributed by atoms with Crippen molar-refractivity contribution in [2.45, 2.75) is 45.3 Å². The van der Waals surface area contributed by atoms with Crippen LogP contribution in [-0.2, 0) is 16.1 Å². The predicted molar refractivity (Wildman–Crippen MR) is 137 cm³/mol. The molecule has 1 aliphatic carbocycles. The third-order valence-electron chi connectivity index (χ3n) is 6.60. The maximum absolute atomic E-state index is 13.2. The molecule has 37 heavy (non-hydrogen) atoms. The summed E-state index contributed by atoms with van der Waals surface area (Å²) < 4.78 is 8.27. The van der Waals surface area contributed by atoms with E-state index in [4.69, 9.17) is 4.74 Å². The lowest BCUT2D eigenvalue weighted by Gasteiger charge is -2.35. The molecule has 5 rings (SSSR count). The van der Waals surface area contributed by atoms with Gasteiger partial charge in [0.2, 0.25) is 11.8 Å². The van der Waals surface area contributed by atoms with Gasteiger partial charge in [-0.15, -0.1) is 0 Å². The molecule has 2 fully saturated rings. The van der Waals surface area contributed by atoms with Gasteiger partial charge in [0.25, 0.3) is 11.5 Å². The third kappa shape index (κ3) is 5.01. The molecule has 2 amide bonds. The number of aromatic nitrogens is 3. The van der Waals surface area contributed by atoms with Gasteiger partial charge < -0.3 is 20.1 Å². The minimum Gasteiger partial charge on any atom is -0.494 e. The first kappa shape index (κ1) is 24.8. The molecule has 0 spiro atoms. The zero-order chi connectivity index (χ0) is 26.1. The van der Waals surface area contributed by atoms with Crippen molar-refractivity contribution in [1.29, 1.82) is 0 Å². The summed E-state index contributed by atoms with van der Waals surface area (Å²) in [5, 5.41) is 18.0. The summed E-state index contributed by atoms with van der Waals surface area (Å²) in [5.41, 5.74) is 0.778. The maximum Gasteiger partial charge on any atom is 0.291 e. The van der Waals surface area contributed by atoms with Crippen LogP contribution in [0.3, 0.4) is 0 Å². The fourth-order valence-corrected chi connectivity index (χ4v) is 4.63. The van der Waals surface area contributed by atoms with Crippen LogP contribution >= 0.6 is 0 Å². The average Bonchev–Trinajstić information content (AvgIpc) is 3.60. The van der Waals surface area contributed by atoms with Gasteiger partial charge in [0.1, 0.15) is 5.65 Å². The number of amides is 2. The molecule has 194 valence electrons. The molecule has 2 N–H and O–H groups in total. The average molecular weight is 506 g/mol. The summed E-state index contributed by atoms with van der Waals surface area (Å²) in [5.74, 6) is -1.10. The van der Waals surface area contributed by atoms with Crippen molar-refractivity contribution >= 4 is 23.5 Å². The SMILES string of the molecule is CC(C)Cn1c(O)c(C(=O)NC2CC2)c(=O)n2ncc(/C=C/C(=O)N3CCOC[C@@H]3c3ccccc3)c12. The van der Waals surface area contributed by atoms with Crippen LogP contribution in [0.2, 0.25) is 0 Å². The van der Waals surface area contributed by atoms with Crippen LogP contribution in [0.15, 0.2) is 47.4 Å². The van der Waals surface area contributed by atoms with Crippen LogP contribution in [0.1, 0.15) is 54.2 Å². The van der Waals surface area contributed by atoms with Gasteiger partial charge in [0.05, 0.1) is 25.5 Å². The molecule has 1 saturated carbocycles. The van der Waals surface area contributed by atoms with Crippen molar-refractivity contribution in [3.63, 3.8) is 0 Å². The third-order valence-corrected chi connectivity index (χ3v) is 6.60. The van der Waals surface area contributed by atoms with E-state index in [2.05, 4.69) is 10.4 Å². The van der Waals surface area contributed by atoms with Gasteiger partial charge in [-0.05, 0) is 30.4 Å². The maximum atomic E-state index is 13.2. The normalized spacial score (nSPS) is 18.1. The Morgan fingerprint density at radius 2 is 2.00 bits per heavy atom. The topological polar surface area (TPSA) is 118 Å². The molecule has 3 heterocycles. The summed E-state index contributed by atoms with van der Waals surface area (Å²) in [6, 6.07) is 9.56. The molecule has 2 aliphatic rings. The largest absolute Gasteiger partial charge is 0.494 e. The number of carbonyl (C=O) groups excluding carboxylic acids is 2. The van der Waals surface area contributed by atoms with Gasteiger partial charge in [0.15, 0.2) is 5.56 Å². The quantitative estimate of drug-likeness (QED) is 0.476.